The Bertz CT molecular complexity index is 432. The fourth-order valence-electron chi connectivity index (χ4n) is 3.62. The summed E-state index contributed by atoms with van der Waals surface area (Å²) in [6, 6.07) is 4.45. The molecule has 19 heavy (non-hydrogen) atoms. The highest BCUT2D eigenvalue weighted by molar-refractivity contribution is 5.43. The molecule has 3 heteroatoms. The summed E-state index contributed by atoms with van der Waals surface area (Å²) in [5.41, 5.74) is 2.50. The van der Waals surface area contributed by atoms with E-state index in [4.69, 9.17) is 4.98 Å². The van der Waals surface area contributed by atoms with Gasteiger partial charge in [0.15, 0.2) is 0 Å². The molecule has 1 aromatic heterocycles. The Balaban J connectivity index is 1.70. The van der Waals surface area contributed by atoms with Gasteiger partial charge in [0.05, 0.1) is 0 Å². The molecule has 1 aliphatic heterocycles. The molecule has 1 N–H and O–H groups in total. The number of nitrogens with zero attached hydrogens (tertiary/aromatic N) is 2. The first kappa shape index (κ1) is 12.9. The lowest BCUT2D eigenvalue weighted by Crippen LogP contribution is -2.22. The molecule has 2 unspecified atom stereocenters. The fourth-order valence-corrected chi connectivity index (χ4v) is 3.62. The lowest BCUT2D eigenvalue weighted by atomic mass is 10.0. The summed E-state index contributed by atoms with van der Waals surface area (Å²) < 4.78 is 0. The number of pyridine rings is 1. The van der Waals surface area contributed by atoms with Gasteiger partial charge in [0.1, 0.15) is 5.82 Å². The zero-order chi connectivity index (χ0) is 13.2. The molecule has 2 heterocycles. The first-order valence-corrected chi connectivity index (χ1v) is 7.70. The monoisotopic (exact) mass is 259 g/mol. The van der Waals surface area contributed by atoms with Crippen molar-refractivity contribution >= 4 is 5.82 Å². The first-order chi connectivity index (χ1) is 9.28. The van der Waals surface area contributed by atoms with Crippen molar-refractivity contribution < 1.29 is 0 Å². The van der Waals surface area contributed by atoms with E-state index in [-0.39, 0.29) is 0 Å². The van der Waals surface area contributed by atoms with Gasteiger partial charge in [0.2, 0.25) is 0 Å². The molecule has 0 radical (unpaired) electrons. The molecule has 2 fully saturated rings. The quantitative estimate of drug-likeness (QED) is 0.901. The molecule has 0 aromatic carbocycles. The number of anilines is 1. The Kier molecular flexibility index (Phi) is 3.74. The van der Waals surface area contributed by atoms with E-state index in [0.29, 0.717) is 0 Å². The van der Waals surface area contributed by atoms with Crippen LogP contribution in [0.5, 0.6) is 0 Å². The van der Waals surface area contributed by atoms with Gasteiger partial charge in [-0.2, -0.15) is 0 Å². The zero-order valence-corrected chi connectivity index (χ0v) is 12.2. The van der Waals surface area contributed by atoms with Crippen LogP contribution in [0.4, 0.5) is 5.82 Å². The van der Waals surface area contributed by atoms with Crippen LogP contribution in [0.2, 0.25) is 0 Å². The van der Waals surface area contributed by atoms with E-state index >= 15 is 0 Å². The standard InChI is InChI=1S/C16H25N3/c1-3-17-9-13-7-8-16(18-12(13)2)19-10-14-5-4-6-15(14)11-19/h7-8,14-15,17H,3-6,9-11H2,1-2H3. The summed E-state index contributed by atoms with van der Waals surface area (Å²) >= 11 is 0. The summed E-state index contributed by atoms with van der Waals surface area (Å²) in [6.07, 6.45) is 4.30. The Morgan fingerprint density at radius 3 is 2.63 bits per heavy atom. The second-order valence-electron chi connectivity index (χ2n) is 6.05. The van der Waals surface area contributed by atoms with E-state index in [1.165, 1.54) is 49.4 Å². The lowest BCUT2D eigenvalue weighted by molar-refractivity contribution is 0.494. The van der Waals surface area contributed by atoms with Gasteiger partial charge >= 0.3 is 0 Å². The van der Waals surface area contributed by atoms with Gasteiger partial charge in [-0.05, 0) is 49.8 Å². The van der Waals surface area contributed by atoms with Crippen LogP contribution >= 0.6 is 0 Å². The maximum atomic E-state index is 4.82. The van der Waals surface area contributed by atoms with Crippen LogP contribution in [0, 0.1) is 18.8 Å². The molecule has 3 rings (SSSR count). The average molecular weight is 259 g/mol. The van der Waals surface area contributed by atoms with Crippen molar-refractivity contribution in [3.63, 3.8) is 0 Å². The average Bonchev–Trinajstić information content (AvgIpc) is 2.98. The molecule has 1 aromatic rings. The second kappa shape index (κ2) is 5.49. The Hall–Kier alpha value is -1.09. The van der Waals surface area contributed by atoms with E-state index in [1.807, 2.05) is 0 Å². The Morgan fingerprint density at radius 2 is 2.00 bits per heavy atom. The summed E-state index contributed by atoms with van der Waals surface area (Å²) in [4.78, 5) is 7.32. The minimum Gasteiger partial charge on any atom is -0.356 e. The van der Waals surface area contributed by atoms with E-state index in [9.17, 15) is 0 Å². The Morgan fingerprint density at radius 1 is 1.26 bits per heavy atom. The van der Waals surface area contributed by atoms with Crippen LogP contribution in [-0.2, 0) is 6.54 Å². The highest BCUT2D eigenvalue weighted by atomic mass is 15.2. The van der Waals surface area contributed by atoms with E-state index in [1.54, 1.807) is 0 Å². The zero-order valence-electron chi connectivity index (χ0n) is 12.2. The topological polar surface area (TPSA) is 28.2 Å². The predicted octanol–water partition coefficient (Wildman–Crippen LogP) is 2.74. The van der Waals surface area contributed by atoms with Gasteiger partial charge < -0.3 is 10.2 Å². The van der Waals surface area contributed by atoms with Gasteiger partial charge in [-0.15, -0.1) is 0 Å². The number of rotatable bonds is 4. The third-order valence-electron chi connectivity index (χ3n) is 4.80. The number of nitrogens with one attached hydrogen (secondary N) is 1. The molecular weight excluding hydrogens is 234 g/mol. The van der Waals surface area contributed by atoms with Crippen LogP contribution in [0.3, 0.4) is 0 Å². The maximum absolute atomic E-state index is 4.82. The van der Waals surface area contributed by atoms with E-state index in [0.717, 1.165) is 24.9 Å². The summed E-state index contributed by atoms with van der Waals surface area (Å²) in [5, 5.41) is 3.37. The predicted molar refractivity (Wildman–Crippen MR) is 79.4 cm³/mol. The lowest BCUT2D eigenvalue weighted by Gasteiger charge is -2.19. The van der Waals surface area contributed by atoms with E-state index < -0.39 is 0 Å². The number of fused-ring (bicyclic) bond motifs is 1. The molecule has 0 bridgehead atoms. The minimum atomic E-state index is 0.931. The molecule has 2 atom stereocenters. The highest BCUT2D eigenvalue weighted by Gasteiger charge is 2.36. The van der Waals surface area contributed by atoms with Gasteiger partial charge in [-0.1, -0.05) is 19.4 Å². The number of hydrogen-bond acceptors (Lipinski definition) is 3. The second-order valence-corrected chi connectivity index (χ2v) is 6.05. The molecule has 2 aliphatic rings. The van der Waals surface area contributed by atoms with Crippen molar-refractivity contribution in [2.24, 2.45) is 11.8 Å². The molecule has 0 amide bonds. The van der Waals surface area contributed by atoms with Crippen LogP contribution < -0.4 is 10.2 Å². The SMILES string of the molecule is CCNCc1ccc(N2CC3CCCC3C2)nc1C. The largest absolute Gasteiger partial charge is 0.356 e. The van der Waals surface area contributed by atoms with Gasteiger partial charge in [-0.3, -0.25) is 0 Å². The molecule has 1 saturated carbocycles. The third-order valence-corrected chi connectivity index (χ3v) is 4.80. The molecule has 0 spiro atoms. The van der Waals surface area contributed by atoms with Crippen LogP contribution in [0.25, 0.3) is 0 Å². The minimum absolute atomic E-state index is 0.931. The van der Waals surface area contributed by atoms with Gasteiger partial charge in [0, 0.05) is 25.3 Å². The van der Waals surface area contributed by atoms with Crippen molar-refractivity contribution in [1.82, 2.24) is 10.3 Å². The van der Waals surface area contributed by atoms with Crippen LogP contribution in [0.15, 0.2) is 12.1 Å². The smallest absolute Gasteiger partial charge is 0.128 e. The third kappa shape index (κ3) is 2.62. The number of aryl methyl sites for hydroxylation is 1. The van der Waals surface area contributed by atoms with Gasteiger partial charge in [-0.25, -0.2) is 4.98 Å². The fraction of sp³-hybridized carbons (Fsp3) is 0.688. The highest BCUT2D eigenvalue weighted by Crippen LogP contribution is 2.39. The maximum Gasteiger partial charge on any atom is 0.128 e. The van der Waals surface area contributed by atoms with Crippen molar-refractivity contribution in [2.45, 2.75) is 39.7 Å². The molecule has 1 aliphatic carbocycles. The number of aromatic nitrogens is 1. The summed E-state index contributed by atoms with van der Waals surface area (Å²) in [6.45, 7) is 8.66. The van der Waals surface area contributed by atoms with Gasteiger partial charge in [0.25, 0.3) is 0 Å². The van der Waals surface area contributed by atoms with Crippen LogP contribution in [-0.4, -0.2) is 24.6 Å². The number of hydrogen-bond donors (Lipinski definition) is 1. The van der Waals surface area contributed by atoms with E-state index in [2.05, 4.69) is 36.2 Å². The van der Waals surface area contributed by atoms with Crippen molar-refractivity contribution in [3.8, 4) is 0 Å². The van der Waals surface area contributed by atoms with Crippen molar-refractivity contribution in [1.29, 1.82) is 0 Å². The molecule has 1 saturated heterocycles. The molecule has 3 nitrogen and oxygen atoms in total. The van der Waals surface area contributed by atoms with Crippen molar-refractivity contribution in [3.05, 3.63) is 23.4 Å². The first-order valence-electron chi connectivity index (χ1n) is 7.70. The van der Waals surface area contributed by atoms with Crippen molar-refractivity contribution in [2.75, 3.05) is 24.5 Å². The van der Waals surface area contributed by atoms with Crippen LogP contribution in [0.1, 0.15) is 37.4 Å². The normalized spacial score (nSPS) is 25.9. The summed E-state index contributed by atoms with van der Waals surface area (Å²) in [5.74, 6) is 3.05. The summed E-state index contributed by atoms with van der Waals surface area (Å²) in [7, 11) is 0. The molecule has 104 valence electrons. The molecular formula is C16H25N3. The Labute approximate surface area is 116 Å².